The fourth-order valence-electron chi connectivity index (χ4n) is 7.46. The van der Waals surface area contributed by atoms with Crippen LogP contribution < -0.4 is 15.4 Å². The van der Waals surface area contributed by atoms with Crippen molar-refractivity contribution in [2.45, 2.75) is 115 Å². The van der Waals surface area contributed by atoms with Gasteiger partial charge in [-0.05, 0) is 110 Å². The largest absolute Gasteiger partial charge is 0.488 e. The van der Waals surface area contributed by atoms with Crippen molar-refractivity contribution < 1.29 is 22.7 Å². The first-order valence-corrected chi connectivity index (χ1v) is 19.8. The van der Waals surface area contributed by atoms with Crippen molar-refractivity contribution >= 4 is 50.7 Å². The van der Waals surface area contributed by atoms with Gasteiger partial charge in [0.05, 0.1) is 22.8 Å². The van der Waals surface area contributed by atoms with E-state index in [2.05, 4.69) is 50.5 Å². The van der Waals surface area contributed by atoms with Crippen LogP contribution in [0.5, 0.6) is 5.75 Å². The van der Waals surface area contributed by atoms with Crippen LogP contribution in [0.15, 0.2) is 23.5 Å². The van der Waals surface area contributed by atoms with Crippen LogP contribution in [0.1, 0.15) is 89.8 Å². The maximum Gasteiger partial charge on any atom is 0.410 e. The second-order valence-corrected chi connectivity index (χ2v) is 18.2. The number of halogens is 1. The van der Waals surface area contributed by atoms with Gasteiger partial charge in [-0.1, -0.05) is 11.6 Å². The standard InChI is InChI=1S/C36H51ClN8O5S/c1-21(2)51(47,48)33-29(20-43(8)42-33)39-32-27(37)19-38-34(41-32)40-28-17-22(3)30(26-18-23(4)49-31(26)28)24-9-13-44(14-10-24)25-11-15-45(16-12-25)35(46)50-36(5,6)7/h17,19-21,23-25H,9-16,18H2,1-8H3,(H2,38,39,40,41)/t23-/m1/s1. The highest BCUT2D eigenvalue weighted by Crippen LogP contribution is 2.46. The summed E-state index contributed by atoms with van der Waals surface area (Å²) in [6.07, 6.45) is 7.78. The summed E-state index contributed by atoms with van der Waals surface area (Å²) in [6, 6.07) is 2.60. The number of sulfone groups is 1. The molecule has 6 rings (SSSR count). The third-order valence-corrected chi connectivity index (χ3v) is 12.3. The van der Waals surface area contributed by atoms with E-state index in [9.17, 15) is 13.2 Å². The van der Waals surface area contributed by atoms with E-state index in [0.717, 1.165) is 69.7 Å². The smallest absolute Gasteiger partial charge is 0.410 e. The van der Waals surface area contributed by atoms with Crippen LogP contribution in [0, 0.1) is 6.92 Å². The SMILES string of the molecule is Cc1cc(Nc2ncc(Cl)c(Nc3cn(C)nc3S(=O)(=O)C(C)C)n2)c2c(c1C1CCN(C3CCN(C(=O)OC(C)(C)C)CC3)CC1)C[C@@H](C)O2. The number of nitrogens with one attached hydrogen (secondary N) is 2. The summed E-state index contributed by atoms with van der Waals surface area (Å²) in [6.45, 7) is 16.7. The Labute approximate surface area is 306 Å². The number of fused-ring (bicyclic) bond motifs is 1. The Kier molecular flexibility index (Phi) is 10.5. The number of rotatable bonds is 8. The molecule has 1 atom stereocenters. The minimum absolute atomic E-state index is 0.0339. The summed E-state index contributed by atoms with van der Waals surface area (Å²) < 4.78 is 39.4. The van der Waals surface area contributed by atoms with Gasteiger partial charge in [-0.25, -0.2) is 18.2 Å². The van der Waals surface area contributed by atoms with Crippen molar-refractivity contribution in [2.24, 2.45) is 7.05 Å². The van der Waals surface area contributed by atoms with Crippen LogP contribution in [0.3, 0.4) is 0 Å². The molecular weight excluding hydrogens is 692 g/mol. The maximum atomic E-state index is 13.0. The van der Waals surface area contributed by atoms with Crippen molar-refractivity contribution in [3.63, 3.8) is 0 Å². The minimum Gasteiger partial charge on any atom is -0.488 e. The van der Waals surface area contributed by atoms with Gasteiger partial charge in [-0.15, -0.1) is 0 Å². The number of ether oxygens (including phenoxy) is 2. The summed E-state index contributed by atoms with van der Waals surface area (Å²) in [4.78, 5) is 26.1. The number of amides is 1. The number of hydrogen-bond acceptors (Lipinski definition) is 11. The lowest BCUT2D eigenvalue weighted by molar-refractivity contribution is 0.0127. The molecule has 0 saturated carbocycles. The molecule has 2 N–H and O–H groups in total. The quantitative estimate of drug-likeness (QED) is 0.253. The molecule has 5 heterocycles. The lowest BCUT2D eigenvalue weighted by Crippen LogP contribution is -2.49. The highest BCUT2D eigenvalue weighted by atomic mass is 35.5. The minimum atomic E-state index is -3.66. The molecule has 1 aromatic carbocycles. The fourth-order valence-corrected chi connectivity index (χ4v) is 8.69. The summed E-state index contributed by atoms with van der Waals surface area (Å²) in [5.41, 5.74) is 4.40. The Balaban J connectivity index is 1.15. The Bertz CT molecular complexity index is 1880. The molecule has 1 amide bonds. The molecule has 0 aliphatic carbocycles. The molecule has 2 aromatic heterocycles. The normalized spacial score (nSPS) is 19.3. The van der Waals surface area contributed by atoms with E-state index in [-0.39, 0.29) is 33.8 Å². The molecule has 278 valence electrons. The van der Waals surface area contributed by atoms with Crippen molar-refractivity contribution in [3.8, 4) is 5.75 Å². The first kappa shape index (κ1) is 37.1. The van der Waals surface area contributed by atoms with E-state index in [0.29, 0.717) is 17.9 Å². The van der Waals surface area contributed by atoms with Crippen LogP contribution in [0.25, 0.3) is 0 Å². The second-order valence-electron chi connectivity index (χ2n) is 15.4. The zero-order valence-electron chi connectivity index (χ0n) is 30.9. The molecule has 3 aliphatic rings. The lowest BCUT2D eigenvalue weighted by Gasteiger charge is -2.42. The number of carbonyl (C=O) groups is 1. The van der Waals surface area contributed by atoms with Gasteiger partial charge >= 0.3 is 6.09 Å². The lowest BCUT2D eigenvalue weighted by atomic mass is 9.81. The zero-order chi connectivity index (χ0) is 36.8. The monoisotopic (exact) mass is 742 g/mol. The molecular formula is C36H51ClN8O5S. The summed E-state index contributed by atoms with van der Waals surface area (Å²) in [5.74, 6) is 1.80. The molecule has 0 spiro atoms. The number of aromatic nitrogens is 4. The van der Waals surface area contributed by atoms with Crippen LogP contribution in [0.2, 0.25) is 5.02 Å². The van der Waals surface area contributed by atoms with Crippen LogP contribution in [-0.4, -0.2) is 93.2 Å². The average molecular weight is 743 g/mol. The number of nitrogens with zero attached hydrogens (tertiary/aromatic N) is 6. The third-order valence-electron chi connectivity index (χ3n) is 9.94. The molecule has 2 fully saturated rings. The van der Waals surface area contributed by atoms with Crippen LogP contribution in [-0.2, 0) is 28.0 Å². The Morgan fingerprint density at radius 1 is 1.08 bits per heavy atom. The Hall–Kier alpha value is -3.62. The number of benzene rings is 1. The highest BCUT2D eigenvalue weighted by molar-refractivity contribution is 7.92. The van der Waals surface area contributed by atoms with E-state index < -0.39 is 20.7 Å². The predicted molar refractivity (Wildman–Crippen MR) is 198 cm³/mol. The molecule has 0 bridgehead atoms. The molecule has 0 unspecified atom stereocenters. The first-order valence-electron chi connectivity index (χ1n) is 17.9. The number of anilines is 4. The van der Waals surface area contributed by atoms with Crippen LogP contribution in [0.4, 0.5) is 27.9 Å². The van der Waals surface area contributed by atoms with Crippen LogP contribution >= 0.6 is 11.6 Å². The molecule has 51 heavy (non-hydrogen) atoms. The Morgan fingerprint density at radius 3 is 2.41 bits per heavy atom. The summed E-state index contributed by atoms with van der Waals surface area (Å²) in [7, 11) is -2.00. The van der Waals surface area contributed by atoms with Gasteiger partial charge in [0.25, 0.3) is 0 Å². The van der Waals surface area contributed by atoms with Gasteiger partial charge in [-0.3, -0.25) is 4.68 Å². The van der Waals surface area contributed by atoms with Crippen molar-refractivity contribution in [1.82, 2.24) is 29.5 Å². The molecule has 0 radical (unpaired) electrons. The van der Waals surface area contributed by atoms with E-state index in [1.165, 1.54) is 27.6 Å². The number of likely N-dealkylation sites (tertiary alicyclic amines) is 2. The summed E-state index contributed by atoms with van der Waals surface area (Å²) >= 11 is 6.49. The van der Waals surface area contributed by atoms with Crippen molar-refractivity contribution in [1.29, 1.82) is 0 Å². The average Bonchev–Trinajstić information content (AvgIpc) is 3.64. The number of hydrogen-bond donors (Lipinski definition) is 2. The molecule has 3 aromatic rings. The number of piperidine rings is 2. The fraction of sp³-hybridized carbons (Fsp3) is 0.611. The summed E-state index contributed by atoms with van der Waals surface area (Å²) in [5, 5.41) is 10.1. The molecule has 2 saturated heterocycles. The van der Waals surface area contributed by atoms with Gasteiger partial charge in [0.15, 0.2) is 5.82 Å². The number of carbonyl (C=O) groups excluding carboxylic acids is 1. The van der Waals surface area contributed by atoms with Crippen molar-refractivity contribution in [2.75, 3.05) is 36.8 Å². The number of aryl methyl sites for hydroxylation is 2. The van der Waals surface area contributed by atoms with Gasteiger partial charge in [0.1, 0.15) is 22.5 Å². The van der Waals surface area contributed by atoms with Crippen molar-refractivity contribution in [3.05, 3.63) is 40.2 Å². The third kappa shape index (κ3) is 8.07. The molecule has 15 heteroatoms. The first-order chi connectivity index (χ1) is 24.0. The van der Waals surface area contributed by atoms with Gasteiger partial charge in [-0.2, -0.15) is 10.1 Å². The highest BCUT2D eigenvalue weighted by Gasteiger charge is 2.35. The van der Waals surface area contributed by atoms with E-state index >= 15 is 0 Å². The molecule has 13 nitrogen and oxygen atoms in total. The van der Waals surface area contributed by atoms with E-state index in [1.807, 2.05) is 25.7 Å². The maximum absolute atomic E-state index is 13.0. The molecule has 3 aliphatic heterocycles. The zero-order valence-corrected chi connectivity index (χ0v) is 32.5. The van der Waals surface area contributed by atoms with Gasteiger partial charge in [0.2, 0.25) is 20.8 Å². The Morgan fingerprint density at radius 2 is 1.76 bits per heavy atom. The van der Waals surface area contributed by atoms with Gasteiger partial charge in [0, 0.05) is 44.4 Å². The predicted octanol–water partition coefficient (Wildman–Crippen LogP) is 6.74. The topological polar surface area (TPSA) is 144 Å². The van der Waals surface area contributed by atoms with Gasteiger partial charge < -0.3 is 29.9 Å². The van der Waals surface area contributed by atoms with E-state index in [4.69, 9.17) is 21.1 Å². The van der Waals surface area contributed by atoms with E-state index in [1.54, 1.807) is 27.1 Å². The second kappa shape index (κ2) is 14.4.